The molecule has 0 unspecified atom stereocenters. The van der Waals surface area contributed by atoms with Crippen LogP contribution >= 0.6 is 0 Å². The molecular weight excluding hydrogens is 468 g/mol. The summed E-state index contributed by atoms with van der Waals surface area (Å²) in [5.41, 5.74) is 2.62. The van der Waals surface area contributed by atoms with Crippen LogP contribution in [0.1, 0.15) is 27.7 Å². The summed E-state index contributed by atoms with van der Waals surface area (Å²) >= 11 is 0. The molecule has 1 aliphatic heterocycles. The second-order valence-corrected chi connectivity index (χ2v) is 8.22. The maximum Gasteiger partial charge on any atom is 0.336 e. The van der Waals surface area contributed by atoms with E-state index in [1.54, 1.807) is 31.2 Å². The molecule has 0 aromatic rings. The molecule has 0 bridgehead atoms. The fourth-order valence-corrected chi connectivity index (χ4v) is 2.87. The van der Waals surface area contributed by atoms with Gasteiger partial charge in [0.1, 0.15) is 24.4 Å². The molecule has 1 saturated heterocycles. The van der Waals surface area contributed by atoms with Crippen molar-refractivity contribution in [2.24, 2.45) is 0 Å². The molecule has 5 atom stereocenters. The van der Waals surface area contributed by atoms with E-state index in [9.17, 15) is 30.0 Å². The molecular formula is C27H36O9. The predicted molar refractivity (Wildman–Crippen MR) is 134 cm³/mol. The third-order valence-corrected chi connectivity index (χ3v) is 5.14. The molecule has 9 nitrogen and oxygen atoms in total. The third-order valence-electron chi connectivity index (χ3n) is 5.14. The molecule has 0 saturated carbocycles. The van der Waals surface area contributed by atoms with Crippen LogP contribution in [0.15, 0.2) is 83.1 Å². The first-order chi connectivity index (χ1) is 17.0. The van der Waals surface area contributed by atoms with Gasteiger partial charge in [-0.25, -0.2) is 9.59 Å². The van der Waals surface area contributed by atoms with Crippen molar-refractivity contribution in [2.75, 3.05) is 13.7 Å². The van der Waals surface area contributed by atoms with Gasteiger partial charge in [-0.05, 0) is 27.7 Å². The third kappa shape index (κ3) is 10.3. The van der Waals surface area contributed by atoms with Crippen molar-refractivity contribution in [2.45, 2.75) is 58.4 Å². The Labute approximate surface area is 211 Å². The van der Waals surface area contributed by atoms with E-state index in [4.69, 9.17) is 9.47 Å². The Morgan fingerprint density at radius 3 is 1.72 bits per heavy atom. The fraction of sp³-hybridized carbons (Fsp3) is 0.407. The van der Waals surface area contributed by atoms with Crippen molar-refractivity contribution in [1.82, 2.24) is 0 Å². The fourth-order valence-electron chi connectivity index (χ4n) is 2.87. The Morgan fingerprint density at radius 2 is 1.25 bits per heavy atom. The Morgan fingerprint density at radius 1 is 0.750 bits per heavy atom. The van der Waals surface area contributed by atoms with E-state index in [0.717, 1.165) is 11.1 Å². The quantitative estimate of drug-likeness (QED) is 0.199. The molecule has 0 spiro atoms. The molecule has 0 radical (unpaired) electrons. The first-order valence-corrected chi connectivity index (χ1v) is 11.3. The van der Waals surface area contributed by atoms with Gasteiger partial charge < -0.3 is 34.6 Å². The van der Waals surface area contributed by atoms with Crippen molar-refractivity contribution in [3.63, 3.8) is 0 Å². The smallest absolute Gasteiger partial charge is 0.336 e. The van der Waals surface area contributed by atoms with Crippen LogP contribution < -0.4 is 0 Å². The van der Waals surface area contributed by atoms with Crippen molar-refractivity contribution in [1.29, 1.82) is 0 Å². The number of allylic oxidation sites excluding steroid dienone is 12. The molecule has 198 valence electrons. The number of carbonyl (C=O) groups excluding carboxylic acids is 2. The maximum atomic E-state index is 12.3. The van der Waals surface area contributed by atoms with Gasteiger partial charge in [0.05, 0.1) is 13.7 Å². The summed E-state index contributed by atoms with van der Waals surface area (Å²) in [4.78, 5) is 23.6. The van der Waals surface area contributed by atoms with Crippen LogP contribution in [0.5, 0.6) is 0 Å². The summed E-state index contributed by atoms with van der Waals surface area (Å²) < 4.78 is 14.9. The molecule has 0 aliphatic carbocycles. The number of hydrogen-bond donors (Lipinski definition) is 4. The van der Waals surface area contributed by atoms with Crippen molar-refractivity contribution >= 4 is 11.9 Å². The molecule has 36 heavy (non-hydrogen) atoms. The normalized spacial score (nSPS) is 26.8. The van der Waals surface area contributed by atoms with E-state index in [0.29, 0.717) is 5.57 Å². The number of aliphatic hydroxyl groups is 4. The standard InChI is InChI=1S/C27H36O9/c1-17(12-8-14-19(3)25(32)34-5)10-6-7-11-18(2)13-9-15-20(4)26(33)36-27-24(31)23(30)22(29)21(16-28)35-27/h6-15,21-24,27-31H,16H2,1-5H3/b7-6+,12-8+,13-9+,17-10+,18-11+,19-14+,20-15+/t21-,22-,23+,24-,27+/m1/s1. The molecule has 0 aromatic heterocycles. The summed E-state index contributed by atoms with van der Waals surface area (Å²) in [5.74, 6) is -1.15. The summed E-state index contributed by atoms with van der Waals surface area (Å²) in [7, 11) is 1.34. The van der Waals surface area contributed by atoms with Gasteiger partial charge in [-0.3, -0.25) is 0 Å². The van der Waals surface area contributed by atoms with E-state index in [1.165, 1.54) is 20.1 Å². The van der Waals surface area contributed by atoms with E-state index in [1.807, 2.05) is 44.2 Å². The minimum Gasteiger partial charge on any atom is -0.466 e. The molecule has 1 fully saturated rings. The topological polar surface area (TPSA) is 143 Å². The second-order valence-electron chi connectivity index (χ2n) is 8.22. The average molecular weight is 505 g/mol. The van der Waals surface area contributed by atoms with Crippen LogP contribution in [0.2, 0.25) is 0 Å². The lowest BCUT2D eigenvalue weighted by molar-refractivity contribution is -0.291. The van der Waals surface area contributed by atoms with Crippen LogP contribution in [0.3, 0.4) is 0 Å². The highest BCUT2D eigenvalue weighted by molar-refractivity contribution is 5.88. The lowest BCUT2D eigenvalue weighted by Gasteiger charge is -2.39. The van der Waals surface area contributed by atoms with E-state index in [-0.39, 0.29) is 11.5 Å². The molecule has 9 heteroatoms. The molecule has 4 N–H and O–H groups in total. The molecule has 1 aliphatic rings. The number of hydrogen-bond acceptors (Lipinski definition) is 9. The van der Waals surface area contributed by atoms with Gasteiger partial charge in [-0.15, -0.1) is 0 Å². The Balaban J connectivity index is 2.64. The number of aliphatic hydroxyl groups excluding tert-OH is 4. The first kappa shape index (κ1) is 31.0. The van der Waals surface area contributed by atoms with Crippen LogP contribution in [0, 0.1) is 0 Å². The number of rotatable bonds is 10. The SMILES string of the molecule is COC(=O)/C(C)=C/C=C/C(C)=C/C=C/C=C(C)/C=C/C=C(\C)C(=O)O[C@@H]1O[C@H](CO)[C@@H](O)[C@H](O)[C@H]1O. The highest BCUT2D eigenvalue weighted by atomic mass is 16.7. The first-order valence-electron chi connectivity index (χ1n) is 11.3. The van der Waals surface area contributed by atoms with E-state index < -0.39 is 43.3 Å². The monoisotopic (exact) mass is 504 g/mol. The second kappa shape index (κ2) is 15.8. The largest absolute Gasteiger partial charge is 0.466 e. The Kier molecular flexibility index (Phi) is 13.6. The van der Waals surface area contributed by atoms with Gasteiger partial charge >= 0.3 is 11.9 Å². The molecule has 1 heterocycles. The zero-order valence-electron chi connectivity index (χ0n) is 21.2. The van der Waals surface area contributed by atoms with E-state index >= 15 is 0 Å². The van der Waals surface area contributed by atoms with Crippen molar-refractivity contribution in [3.8, 4) is 0 Å². The van der Waals surface area contributed by atoms with Crippen LogP contribution in [-0.2, 0) is 23.8 Å². The van der Waals surface area contributed by atoms with Gasteiger partial charge in [-0.2, -0.15) is 0 Å². The molecule has 1 rings (SSSR count). The van der Waals surface area contributed by atoms with Crippen LogP contribution in [0.25, 0.3) is 0 Å². The summed E-state index contributed by atoms with van der Waals surface area (Å²) in [5, 5.41) is 38.7. The Bertz CT molecular complexity index is 964. The van der Waals surface area contributed by atoms with Crippen molar-refractivity contribution in [3.05, 3.63) is 83.1 Å². The summed E-state index contributed by atoms with van der Waals surface area (Å²) in [6, 6.07) is 0. The number of esters is 2. The minimum absolute atomic E-state index is 0.216. The molecule has 0 amide bonds. The van der Waals surface area contributed by atoms with Crippen molar-refractivity contribution < 1.29 is 44.2 Å². The van der Waals surface area contributed by atoms with E-state index in [2.05, 4.69) is 4.74 Å². The minimum atomic E-state index is -1.65. The molecule has 0 aromatic carbocycles. The number of carbonyl (C=O) groups is 2. The lowest BCUT2D eigenvalue weighted by atomic mass is 9.99. The highest BCUT2D eigenvalue weighted by Gasteiger charge is 2.45. The highest BCUT2D eigenvalue weighted by Crippen LogP contribution is 2.22. The predicted octanol–water partition coefficient (Wildman–Crippen LogP) is 1.96. The summed E-state index contributed by atoms with van der Waals surface area (Å²) in [6.07, 6.45) is 10.3. The van der Waals surface area contributed by atoms with Gasteiger partial charge in [0.25, 0.3) is 0 Å². The zero-order valence-corrected chi connectivity index (χ0v) is 21.2. The summed E-state index contributed by atoms with van der Waals surface area (Å²) in [6.45, 7) is 6.38. The van der Waals surface area contributed by atoms with Gasteiger partial charge in [0, 0.05) is 11.1 Å². The number of methoxy groups -OCH3 is 1. The van der Waals surface area contributed by atoms with Crippen LogP contribution in [0.4, 0.5) is 0 Å². The average Bonchev–Trinajstić information content (AvgIpc) is 2.86. The van der Waals surface area contributed by atoms with Crippen LogP contribution in [-0.4, -0.2) is 76.8 Å². The maximum absolute atomic E-state index is 12.3. The zero-order chi connectivity index (χ0) is 27.3. The Hall–Kier alpha value is -3.08. The number of ether oxygens (including phenoxy) is 3. The van der Waals surface area contributed by atoms with Gasteiger partial charge in [0.2, 0.25) is 6.29 Å². The van der Waals surface area contributed by atoms with Gasteiger partial charge in [0.15, 0.2) is 0 Å². The lowest BCUT2D eigenvalue weighted by Crippen LogP contribution is -2.59. The van der Waals surface area contributed by atoms with Gasteiger partial charge in [-0.1, -0.05) is 71.9 Å².